The number of aryl methyl sites for hydroxylation is 1. The van der Waals surface area contributed by atoms with E-state index in [0.29, 0.717) is 10.6 Å². The highest BCUT2D eigenvalue weighted by molar-refractivity contribution is 6.30. The summed E-state index contributed by atoms with van der Waals surface area (Å²) in [4.78, 5) is 0. The first-order valence-corrected chi connectivity index (χ1v) is 6.60. The summed E-state index contributed by atoms with van der Waals surface area (Å²) in [6, 6.07) is 9.49. The number of hydrogen-bond donors (Lipinski definition) is 2. The van der Waals surface area contributed by atoms with E-state index >= 15 is 0 Å². The Kier molecular flexibility index (Phi) is 4.85. The zero-order valence-electron chi connectivity index (χ0n) is 11.2. The molecule has 0 saturated carbocycles. The molecule has 0 aliphatic rings. The Labute approximate surface area is 126 Å². The van der Waals surface area contributed by atoms with Crippen molar-refractivity contribution in [2.45, 2.75) is 20.1 Å². The van der Waals surface area contributed by atoms with Gasteiger partial charge in [-0.05, 0) is 48.9 Å². The number of phenols is 1. The van der Waals surface area contributed by atoms with Crippen LogP contribution in [0.15, 0.2) is 36.4 Å². The number of rotatable bonds is 5. The number of hydrogen-bond acceptors (Lipinski definition) is 3. The van der Waals surface area contributed by atoms with E-state index in [1.807, 2.05) is 0 Å². The Morgan fingerprint density at radius 1 is 1.24 bits per heavy atom. The van der Waals surface area contributed by atoms with Crippen molar-refractivity contribution in [1.29, 1.82) is 0 Å². The third kappa shape index (κ3) is 4.23. The number of phenolic OH excluding ortho intramolecular Hbond substituents is 1. The van der Waals surface area contributed by atoms with Gasteiger partial charge in [-0.15, -0.1) is 0 Å². The SMILES string of the molecule is Cc1cc(NCc2cc(Cl)ccc2OC(F)F)ccc1O. The lowest BCUT2D eigenvalue weighted by Gasteiger charge is -2.13. The first-order valence-electron chi connectivity index (χ1n) is 6.22. The second kappa shape index (κ2) is 6.63. The first-order chi connectivity index (χ1) is 9.95. The largest absolute Gasteiger partial charge is 0.508 e. The lowest BCUT2D eigenvalue weighted by Crippen LogP contribution is -2.07. The fourth-order valence-corrected chi connectivity index (χ4v) is 2.05. The monoisotopic (exact) mass is 313 g/mol. The summed E-state index contributed by atoms with van der Waals surface area (Å²) in [5, 5.41) is 13.0. The van der Waals surface area contributed by atoms with Gasteiger partial charge in [-0.25, -0.2) is 0 Å². The molecule has 0 heterocycles. The van der Waals surface area contributed by atoms with Crippen molar-refractivity contribution in [3.8, 4) is 11.5 Å². The number of anilines is 1. The number of aromatic hydroxyl groups is 1. The van der Waals surface area contributed by atoms with E-state index < -0.39 is 6.61 Å². The molecule has 0 radical (unpaired) electrons. The Hall–Kier alpha value is -2.01. The van der Waals surface area contributed by atoms with Crippen LogP contribution in [-0.4, -0.2) is 11.7 Å². The van der Waals surface area contributed by atoms with Gasteiger partial charge in [-0.2, -0.15) is 8.78 Å². The molecule has 2 N–H and O–H groups in total. The van der Waals surface area contributed by atoms with Crippen molar-refractivity contribution in [1.82, 2.24) is 0 Å². The summed E-state index contributed by atoms with van der Waals surface area (Å²) < 4.78 is 29.2. The maximum atomic E-state index is 12.4. The number of alkyl halides is 2. The zero-order chi connectivity index (χ0) is 15.4. The summed E-state index contributed by atoms with van der Waals surface area (Å²) in [5.74, 6) is 0.280. The van der Waals surface area contributed by atoms with Gasteiger partial charge in [0.2, 0.25) is 0 Å². The molecule has 2 aromatic carbocycles. The highest BCUT2D eigenvalue weighted by atomic mass is 35.5. The molecule has 0 aromatic heterocycles. The fourth-order valence-electron chi connectivity index (χ4n) is 1.86. The van der Waals surface area contributed by atoms with Crippen molar-refractivity contribution in [2.75, 3.05) is 5.32 Å². The molecular weight excluding hydrogens is 300 g/mol. The smallest absolute Gasteiger partial charge is 0.387 e. The molecule has 0 aliphatic carbocycles. The van der Waals surface area contributed by atoms with Crippen LogP contribution >= 0.6 is 11.6 Å². The highest BCUT2D eigenvalue weighted by Gasteiger charge is 2.10. The van der Waals surface area contributed by atoms with E-state index in [4.69, 9.17) is 11.6 Å². The molecule has 0 atom stereocenters. The third-order valence-electron chi connectivity index (χ3n) is 2.92. The standard InChI is InChI=1S/C15H14ClF2NO2/c1-9-6-12(3-4-13(9)20)19-8-10-7-11(16)2-5-14(10)21-15(17)18/h2-7,15,19-20H,8H2,1H3. The van der Waals surface area contributed by atoms with Crippen molar-refractivity contribution < 1.29 is 18.6 Å². The van der Waals surface area contributed by atoms with Crippen LogP contribution in [0.5, 0.6) is 11.5 Å². The Morgan fingerprint density at radius 2 is 2.00 bits per heavy atom. The number of halogens is 3. The summed E-state index contributed by atoms with van der Waals surface area (Å²) in [6.07, 6.45) is 0. The van der Waals surface area contributed by atoms with E-state index in [1.165, 1.54) is 12.1 Å². The molecule has 0 aliphatic heterocycles. The normalized spacial score (nSPS) is 10.7. The molecule has 2 aromatic rings. The second-order valence-corrected chi connectivity index (χ2v) is 4.92. The minimum absolute atomic E-state index is 0.0809. The van der Waals surface area contributed by atoms with Crippen molar-refractivity contribution in [3.05, 3.63) is 52.5 Å². The van der Waals surface area contributed by atoms with E-state index in [-0.39, 0.29) is 18.0 Å². The topological polar surface area (TPSA) is 41.5 Å². The minimum Gasteiger partial charge on any atom is -0.508 e. The van der Waals surface area contributed by atoms with Gasteiger partial charge >= 0.3 is 6.61 Å². The number of ether oxygens (including phenoxy) is 1. The molecule has 0 amide bonds. The van der Waals surface area contributed by atoms with Crippen LogP contribution in [0.4, 0.5) is 14.5 Å². The van der Waals surface area contributed by atoms with Crippen LogP contribution in [-0.2, 0) is 6.54 Å². The third-order valence-corrected chi connectivity index (χ3v) is 3.15. The van der Waals surface area contributed by atoms with Gasteiger partial charge in [0.25, 0.3) is 0 Å². The molecule has 0 saturated heterocycles. The van der Waals surface area contributed by atoms with Crippen molar-refractivity contribution in [2.24, 2.45) is 0 Å². The Morgan fingerprint density at radius 3 is 2.67 bits per heavy atom. The summed E-state index contributed by atoms with van der Waals surface area (Å²) in [5.41, 5.74) is 2.00. The van der Waals surface area contributed by atoms with Gasteiger partial charge < -0.3 is 15.2 Å². The van der Waals surface area contributed by atoms with Crippen LogP contribution in [0.3, 0.4) is 0 Å². The van der Waals surface area contributed by atoms with Crippen LogP contribution in [0.25, 0.3) is 0 Å². The van der Waals surface area contributed by atoms with Gasteiger partial charge in [-0.3, -0.25) is 0 Å². The molecule has 0 fully saturated rings. The van der Waals surface area contributed by atoms with E-state index in [9.17, 15) is 13.9 Å². The quantitative estimate of drug-likeness (QED) is 0.795. The van der Waals surface area contributed by atoms with Crippen molar-refractivity contribution in [3.63, 3.8) is 0 Å². The molecule has 0 unspecified atom stereocenters. The second-order valence-electron chi connectivity index (χ2n) is 4.49. The maximum absolute atomic E-state index is 12.4. The Bertz CT molecular complexity index is 635. The fraction of sp³-hybridized carbons (Fsp3) is 0.200. The van der Waals surface area contributed by atoms with E-state index in [1.54, 1.807) is 31.2 Å². The molecule has 21 heavy (non-hydrogen) atoms. The molecule has 6 heteroatoms. The lowest BCUT2D eigenvalue weighted by molar-refractivity contribution is -0.0504. The van der Waals surface area contributed by atoms with Gasteiger partial charge in [0, 0.05) is 22.8 Å². The predicted molar refractivity (Wildman–Crippen MR) is 78.3 cm³/mol. The average Bonchev–Trinajstić information content (AvgIpc) is 2.42. The van der Waals surface area contributed by atoms with Gasteiger partial charge in [0.15, 0.2) is 0 Å². The lowest BCUT2D eigenvalue weighted by atomic mass is 10.1. The Balaban J connectivity index is 2.14. The number of benzene rings is 2. The van der Waals surface area contributed by atoms with E-state index in [0.717, 1.165) is 11.3 Å². The predicted octanol–water partition coefficient (Wildman–Crippen LogP) is 4.57. The number of nitrogens with one attached hydrogen (secondary N) is 1. The molecule has 0 bridgehead atoms. The maximum Gasteiger partial charge on any atom is 0.387 e. The highest BCUT2D eigenvalue weighted by Crippen LogP contribution is 2.26. The van der Waals surface area contributed by atoms with Gasteiger partial charge in [0.05, 0.1) is 0 Å². The minimum atomic E-state index is -2.89. The van der Waals surface area contributed by atoms with Crippen LogP contribution in [0, 0.1) is 6.92 Å². The molecule has 3 nitrogen and oxygen atoms in total. The molecule has 112 valence electrons. The van der Waals surface area contributed by atoms with Gasteiger partial charge in [0.1, 0.15) is 11.5 Å². The summed E-state index contributed by atoms with van der Waals surface area (Å²) >= 11 is 5.88. The first kappa shape index (κ1) is 15.4. The summed E-state index contributed by atoms with van der Waals surface area (Å²) in [7, 11) is 0. The summed E-state index contributed by atoms with van der Waals surface area (Å²) in [6.45, 7) is -0.848. The van der Waals surface area contributed by atoms with Gasteiger partial charge in [-0.1, -0.05) is 11.6 Å². The van der Waals surface area contributed by atoms with E-state index in [2.05, 4.69) is 10.1 Å². The molecule has 2 rings (SSSR count). The average molecular weight is 314 g/mol. The van der Waals surface area contributed by atoms with Crippen LogP contribution in [0.1, 0.15) is 11.1 Å². The van der Waals surface area contributed by atoms with Crippen molar-refractivity contribution >= 4 is 17.3 Å². The van der Waals surface area contributed by atoms with Crippen LogP contribution in [0.2, 0.25) is 5.02 Å². The molecule has 0 spiro atoms. The van der Waals surface area contributed by atoms with Crippen LogP contribution < -0.4 is 10.1 Å². The molecular formula is C15H14ClF2NO2. The zero-order valence-corrected chi connectivity index (χ0v) is 12.0.